The molecule has 1 saturated heterocycles. The molecule has 6 heteroatoms. The molecule has 1 aromatic rings. The summed E-state index contributed by atoms with van der Waals surface area (Å²) in [6.07, 6.45) is 1.17. The van der Waals surface area contributed by atoms with E-state index in [1.54, 1.807) is 14.2 Å². The van der Waals surface area contributed by atoms with Gasteiger partial charge in [0, 0.05) is 13.1 Å². The lowest BCUT2D eigenvalue weighted by Gasteiger charge is -2.13. The Kier molecular flexibility index (Phi) is 5.41. The smallest absolute Gasteiger partial charge is 0.249 e. The Morgan fingerprint density at radius 2 is 2.10 bits per heavy atom. The Morgan fingerprint density at radius 1 is 1.33 bits per heavy atom. The molecule has 2 rings (SSSR count). The third-order valence-electron chi connectivity index (χ3n) is 3.58. The molecule has 1 aliphatic rings. The van der Waals surface area contributed by atoms with Gasteiger partial charge in [-0.2, -0.15) is 0 Å². The number of nitrogens with one attached hydrogen (secondary N) is 1. The highest BCUT2D eigenvalue weighted by Gasteiger charge is 2.29. The zero-order valence-electron chi connectivity index (χ0n) is 12.4. The van der Waals surface area contributed by atoms with Gasteiger partial charge in [0.25, 0.3) is 0 Å². The van der Waals surface area contributed by atoms with Gasteiger partial charge in [-0.3, -0.25) is 4.79 Å². The van der Waals surface area contributed by atoms with Crippen LogP contribution >= 0.6 is 0 Å². The zero-order valence-corrected chi connectivity index (χ0v) is 12.4. The maximum absolute atomic E-state index is 12.0. The van der Waals surface area contributed by atoms with Gasteiger partial charge in [-0.25, -0.2) is 0 Å². The second-order valence-corrected chi connectivity index (χ2v) is 4.97. The molecule has 1 aromatic carbocycles. The lowest BCUT2D eigenvalue weighted by atomic mass is 10.1. The number of hydrogen-bond acceptors (Lipinski definition) is 5. The van der Waals surface area contributed by atoms with Crippen LogP contribution in [-0.4, -0.2) is 38.9 Å². The van der Waals surface area contributed by atoms with Crippen molar-refractivity contribution in [3.63, 3.8) is 0 Å². The molecule has 1 amide bonds. The molecule has 1 heterocycles. The number of rotatable bonds is 6. The summed E-state index contributed by atoms with van der Waals surface area (Å²) >= 11 is 0. The van der Waals surface area contributed by atoms with Gasteiger partial charge in [0.2, 0.25) is 5.91 Å². The van der Waals surface area contributed by atoms with Crippen LogP contribution < -0.4 is 20.5 Å². The third kappa shape index (κ3) is 3.86. The summed E-state index contributed by atoms with van der Waals surface area (Å²) in [6, 6.07) is 5.55. The third-order valence-corrected chi connectivity index (χ3v) is 3.58. The summed E-state index contributed by atoms with van der Waals surface area (Å²) in [5.41, 5.74) is 6.48. The molecule has 3 N–H and O–H groups in total. The van der Waals surface area contributed by atoms with Crippen LogP contribution in [0.25, 0.3) is 0 Å². The van der Waals surface area contributed by atoms with E-state index in [0.29, 0.717) is 24.6 Å². The van der Waals surface area contributed by atoms with Crippen molar-refractivity contribution < 1.29 is 19.0 Å². The Labute approximate surface area is 124 Å². The second-order valence-electron chi connectivity index (χ2n) is 4.97. The number of carbonyl (C=O) groups excluding carboxylic acids is 1. The highest BCUT2D eigenvalue weighted by Crippen LogP contribution is 2.27. The molecule has 1 aliphatic heterocycles. The van der Waals surface area contributed by atoms with Crippen molar-refractivity contribution in [3.8, 4) is 11.5 Å². The van der Waals surface area contributed by atoms with E-state index in [2.05, 4.69) is 5.32 Å². The molecule has 2 atom stereocenters. The van der Waals surface area contributed by atoms with Crippen molar-refractivity contribution in [3.05, 3.63) is 23.8 Å². The van der Waals surface area contributed by atoms with Crippen LogP contribution in [0.2, 0.25) is 0 Å². The van der Waals surface area contributed by atoms with E-state index < -0.39 is 6.10 Å². The van der Waals surface area contributed by atoms with Gasteiger partial charge in [0.05, 0.1) is 20.3 Å². The van der Waals surface area contributed by atoms with Crippen molar-refractivity contribution >= 4 is 5.91 Å². The minimum absolute atomic E-state index is 0.00169. The standard InChI is InChI=1S/C15H22N2O4/c1-19-12-5-3-10(7-14(12)20-2)9-17-15(18)13-6-4-11(8-16)21-13/h3,5,7,11,13H,4,6,8-9,16H2,1-2H3,(H,17,18)/t11-,13+/m1/s1. The minimum atomic E-state index is -0.390. The summed E-state index contributed by atoms with van der Waals surface area (Å²) in [7, 11) is 3.17. The van der Waals surface area contributed by atoms with E-state index in [4.69, 9.17) is 19.9 Å². The Balaban J connectivity index is 1.89. The van der Waals surface area contributed by atoms with Crippen LogP contribution in [0.1, 0.15) is 18.4 Å². The van der Waals surface area contributed by atoms with Gasteiger partial charge in [-0.05, 0) is 30.5 Å². The lowest BCUT2D eigenvalue weighted by Crippen LogP contribution is -2.35. The molecule has 0 bridgehead atoms. The van der Waals surface area contributed by atoms with Crippen LogP contribution in [0.15, 0.2) is 18.2 Å². The molecular weight excluding hydrogens is 272 g/mol. The van der Waals surface area contributed by atoms with Crippen molar-refractivity contribution in [2.75, 3.05) is 20.8 Å². The van der Waals surface area contributed by atoms with E-state index in [1.165, 1.54) is 0 Å². The van der Waals surface area contributed by atoms with Crippen LogP contribution in [0.4, 0.5) is 0 Å². The first-order valence-electron chi connectivity index (χ1n) is 7.02. The van der Waals surface area contributed by atoms with Gasteiger partial charge < -0.3 is 25.3 Å². The Hall–Kier alpha value is -1.79. The molecule has 116 valence electrons. The van der Waals surface area contributed by atoms with Gasteiger partial charge in [0.1, 0.15) is 6.10 Å². The number of ether oxygens (including phenoxy) is 3. The van der Waals surface area contributed by atoms with Crippen LogP contribution in [0.5, 0.6) is 11.5 Å². The largest absolute Gasteiger partial charge is 0.493 e. The summed E-state index contributed by atoms with van der Waals surface area (Å²) < 4.78 is 16.0. The number of carbonyl (C=O) groups is 1. The molecule has 0 radical (unpaired) electrons. The van der Waals surface area contributed by atoms with E-state index in [-0.39, 0.29) is 12.0 Å². The van der Waals surface area contributed by atoms with E-state index in [9.17, 15) is 4.79 Å². The first kappa shape index (κ1) is 15.6. The van der Waals surface area contributed by atoms with Crippen LogP contribution in [0, 0.1) is 0 Å². The molecule has 0 unspecified atom stereocenters. The minimum Gasteiger partial charge on any atom is -0.493 e. The zero-order chi connectivity index (χ0) is 15.2. The molecule has 0 saturated carbocycles. The number of nitrogens with two attached hydrogens (primary N) is 1. The fraction of sp³-hybridized carbons (Fsp3) is 0.533. The van der Waals surface area contributed by atoms with Gasteiger partial charge in [-0.1, -0.05) is 6.07 Å². The Bertz CT molecular complexity index is 493. The van der Waals surface area contributed by atoms with Crippen molar-refractivity contribution in [1.82, 2.24) is 5.32 Å². The van der Waals surface area contributed by atoms with Crippen molar-refractivity contribution in [2.45, 2.75) is 31.6 Å². The summed E-state index contributed by atoms with van der Waals surface area (Å²) in [6.45, 7) is 0.881. The first-order chi connectivity index (χ1) is 10.2. The predicted molar refractivity (Wildman–Crippen MR) is 78.3 cm³/mol. The molecule has 1 fully saturated rings. The average molecular weight is 294 g/mol. The van der Waals surface area contributed by atoms with Gasteiger partial charge in [0.15, 0.2) is 11.5 Å². The fourth-order valence-electron chi connectivity index (χ4n) is 2.37. The van der Waals surface area contributed by atoms with E-state index >= 15 is 0 Å². The number of amides is 1. The highest BCUT2D eigenvalue weighted by atomic mass is 16.5. The molecule has 21 heavy (non-hydrogen) atoms. The van der Waals surface area contributed by atoms with E-state index in [0.717, 1.165) is 18.4 Å². The lowest BCUT2D eigenvalue weighted by molar-refractivity contribution is -0.132. The van der Waals surface area contributed by atoms with Crippen molar-refractivity contribution in [2.24, 2.45) is 5.73 Å². The molecule has 0 aliphatic carbocycles. The quantitative estimate of drug-likeness (QED) is 0.812. The van der Waals surface area contributed by atoms with Crippen LogP contribution in [0.3, 0.4) is 0 Å². The maximum Gasteiger partial charge on any atom is 0.249 e. The second kappa shape index (κ2) is 7.28. The highest BCUT2D eigenvalue weighted by molar-refractivity contribution is 5.81. The molecule has 6 nitrogen and oxygen atoms in total. The average Bonchev–Trinajstić information content (AvgIpc) is 3.01. The van der Waals surface area contributed by atoms with Crippen LogP contribution in [-0.2, 0) is 16.1 Å². The van der Waals surface area contributed by atoms with E-state index in [1.807, 2.05) is 18.2 Å². The normalized spacial score (nSPS) is 21.1. The summed E-state index contributed by atoms with van der Waals surface area (Å²) in [5, 5.41) is 2.87. The molecule has 0 spiro atoms. The number of hydrogen-bond donors (Lipinski definition) is 2. The number of benzene rings is 1. The predicted octanol–water partition coefficient (Wildman–Crippen LogP) is 0.826. The Morgan fingerprint density at radius 3 is 2.71 bits per heavy atom. The van der Waals surface area contributed by atoms with Crippen molar-refractivity contribution in [1.29, 1.82) is 0 Å². The monoisotopic (exact) mass is 294 g/mol. The summed E-state index contributed by atoms with van der Waals surface area (Å²) in [4.78, 5) is 12.0. The molecular formula is C15H22N2O4. The number of methoxy groups -OCH3 is 2. The van der Waals surface area contributed by atoms with Gasteiger partial charge in [-0.15, -0.1) is 0 Å². The van der Waals surface area contributed by atoms with Gasteiger partial charge >= 0.3 is 0 Å². The summed E-state index contributed by atoms with van der Waals surface area (Å²) in [5.74, 6) is 1.21. The topological polar surface area (TPSA) is 82.8 Å². The maximum atomic E-state index is 12.0. The SMILES string of the molecule is COc1ccc(CNC(=O)[C@@H]2CC[C@H](CN)O2)cc1OC. The first-order valence-corrected chi connectivity index (χ1v) is 7.02. The fourth-order valence-corrected chi connectivity index (χ4v) is 2.37. The molecule has 0 aromatic heterocycles.